The first kappa shape index (κ1) is 20.5. The fraction of sp³-hybridized carbons (Fsp3) is 0.524. The molecule has 1 fully saturated rings. The molecule has 0 aliphatic carbocycles. The topological polar surface area (TPSA) is 53.4 Å². The summed E-state index contributed by atoms with van der Waals surface area (Å²) in [6.07, 6.45) is 0. The van der Waals surface area contributed by atoms with Crippen LogP contribution in [0.25, 0.3) is 0 Å². The van der Waals surface area contributed by atoms with Gasteiger partial charge in [0.1, 0.15) is 12.4 Å². The van der Waals surface area contributed by atoms with Gasteiger partial charge in [-0.2, -0.15) is 5.10 Å². The van der Waals surface area contributed by atoms with Crippen LogP contribution in [0.4, 0.5) is 4.39 Å². The maximum Gasteiger partial charge on any atom is 0.241 e. The molecular formula is C21H30FN5O. The number of nitrogens with one attached hydrogen (secondary N) is 1. The summed E-state index contributed by atoms with van der Waals surface area (Å²) in [5.74, 6) is -0.309. The van der Waals surface area contributed by atoms with E-state index in [9.17, 15) is 9.18 Å². The third kappa shape index (κ3) is 4.77. The fourth-order valence-electron chi connectivity index (χ4n) is 3.62. The number of carbonyl (C=O) groups is 1. The molecule has 7 heteroatoms. The quantitative estimate of drug-likeness (QED) is 0.824. The number of benzene rings is 1. The Balaban J connectivity index is 1.67. The van der Waals surface area contributed by atoms with Crippen molar-refractivity contribution in [1.82, 2.24) is 24.9 Å². The first-order valence-corrected chi connectivity index (χ1v) is 9.80. The summed E-state index contributed by atoms with van der Waals surface area (Å²) in [7, 11) is 2.11. The van der Waals surface area contributed by atoms with E-state index in [1.807, 2.05) is 32.9 Å². The van der Waals surface area contributed by atoms with Crippen LogP contribution in [0, 0.1) is 26.6 Å². The van der Waals surface area contributed by atoms with E-state index in [0.717, 1.165) is 48.7 Å². The van der Waals surface area contributed by atoms with Crippen LogP contribution in [-0.2, 0) is 11.3 Å². The molecule has 28 heavy (non-hydrogen) atoms. The second-order valence-electron chi connectivity index (χ2n) is 7.66. The Morgan fingerprint density at radius 3 is 2.36 bits per heavy atom. The molecule has 1 aliphatic rings. The number of aryl methyl sites for hydroxylation is 1. The van der Waals surface area contributed by atoms with Gasteiger partial charge in [0.2, 0.25) is 5.91 Å². The molecule has 2 aromatic rings. The lowest BCUT2D eigenvalue weighted by Gasteiger charge is -2.38. The van der Waals surface area contributed by atoms with Gasteiger partial charge < -0.3 is 10.2 Å². The number of likely N-dealkylation sites (N-methyl/N-ethyl adjacent to an activating group) is 1. The summed E-state index contributed by atoms with van der Waals surface area (Å²) in [6.45, 7) is 10.5. The molecule has 0 spiro atoms. The van der Waals surface area contributed by atoms with Crippen LogP contribution in [0.15, 0.2) is 24.3 Å². The number of rotatable bonds is 6. The average molecular weight is 388 g/mol. The molecule has 0 radical (unpaired) electrons. The van der Waals surface area contributed by atoms with E-state index in [4.69, 9.17) is 0 Å². The predicted molar refractivity (Wildman–Crippen MR) is 108 cm³/mol. The Labute approximate surface area is 166 Å². The summed E-state index contributed by atoms with van der Waals surface area (Å²) in [5.41, 5.74) is 4.11. The van der Waals surface area contributed by atoms with Crippen LogP contribution < -0.4 is 5.32 Å². The smallest absolute Gasteiger partial charge is 0.241 e. The minimum atomic E-state index is -0.246. The van der Waals surface area contributed by atoms with E-state index in [1.165, 1.54) is 12.1 Å². The van der Waals surface area contributed by atoms with Gasteiger partial charge in [0.05, 0.1) is 11.7 Å². The Morgan fingerprint density at radius 1 is 1.14 bits per heavy atom. The van der Waals surface area contributed by atoms with E-state index in [2.05, 4.69) is 27.3 Å². The van der Waals surface area contributed by atoms with E-state index >= 15 is 0 Å². The fourth-order valence-corrected chi connectivity index (χ4v) is 3.62. The number of halogens is 1. The van der Waals surface area contributed by atoms with Gasteiger partial charge in [0.25, 0.3) is 0 Å². The second-order valence-corrected chi connectivity index (χ2v) is 7.66. The maximum absolute atomic E-state index is 13.4. The highest BCUT2D eigenvalue weighted by Gasteiger charge is 2.24. The van der Waals surface area contributed by atoms with Crippen molar-refractivity contribution in [3.63, 3.8) is 0 Å². The van der Waals surface area contributed by atoms with Crippen molar-refractivity contribution in [3.8, 4) is 0 Å². The molecular weight excluding hydrogens is 357 g/mol. The summed E-state index contributed by atoms with van der Waals surface area (Å²) in [4.78, 5) is 17.2. The third-order valence-electron chi connectivity index (χ3n) is 5.76. The first-order chi connectivity index (χ1) is 13.3. The molecule has 0 bridgehead atoms. The van der Waals surface area contributed by atoms with E-state index in [-0.39, 0.29) is 24.3 Å². The van der Waals surface area contributed by atoms with Crippen LogP contribution >= 0.6 is 0 Å². The largest absolute Gasteiger partial charge is 0.353 e. The van der Waals surface area contributed by atoms with Crippen molar-refractivity contribution < 1.29 is 9.18 Å². The molecule has 1 aliphatic heterocycles. The lowest BCUT2D eigenvalue weighted by Crippen LogP contribution is -2.48. The van der Waals surface area contributed by atoms with Gasteiger partial charge in [-0.3, -0.25) is 14.4 Å². The highest BCUT2D eigenvalue weighted by atomic mass is 19.1. The number of aromatic nitrogens is 2. The lowest BCUT2D eigenvalue weighted by molar-refractivity contribution is -0.122. The van der Waals surface area contributed by atoms with Crippen LogP contribution in [0.5, 0.6) is 0 Å². The summed E-state index contributed by atoms with van der Waals surface area (Å²) in [6, 6.07) is 6.63. The Bertz CT molecular complexity index is 809. The highest BCUT2D eigenvalue weighted by Crippen LogP contribution is 2.22. The van der Waals surface area contributed by atoms with Crippen LogP contribution in [0.2, 0.25) is 0 Å². The normalized spacial score (nSPS) is 16.9. The Kier molecular flexibility index (Phi) is 6.46. The molecule has 152 valence electrons. The molecule has 1 saturated heterocycles. The number of hydrogen-bond donors (Lipinski definition) is 1. The van der Waals surface area contributed by atoms with Gasteiger partial charge in [-0.05, 0) is 51.1 Å². The number of hydrogen-bond acceptors (Lipinski definition) is 4. The van der Waals surface area contributed by atoms with Crippen molar-refractivity contribution >= 4 is 5.91 Å². The first-order valence-electron chi connectivity index (χ1n) is 9.80. The van der Waals surface area contributed by atoms with Gasteiger partial charge >= 0.3 is 0 Å². The summed E-state index contributed by atoms with van der Waals surface area (Å²) in [5, 5.41) is 7.50. The molecule has 1 amide bonds. The van der Waals surface area contributed by atoms with Crippen molar-refractivity contribution in [2.24, 2.45) is 0 Å². The highest BCUT2D eigenvalue weighted by molar-refractivity contribution is 5.75. The standard InChI is InChI=1S/C21H30FN5O/c1-15-16(2)24-27(17(15)3)14-21(28)23-13-20(18-5-7-19(22)8-6-18)26-11-9-25(4)10-12-26/h5-8,20H,9-14H2,1-4H3,(H,23,28). The Hall–Kier alpha value is -2.25. The number of piperazine rings is 1. The molecule has 6 nitrogen and oxygen atoms in total. The van der Waals surface area contributed by atoms with E-state index < -0.39 is 0 Å². The molecule has 3 rings (SSSR count). The molecule has 1 unspecified atom stereocenters. The van der Waals surface area contributed by atoms with Gasteiger partial charge in [0.15, 0.2) is 0 Å². The van der Waals surface area contributed by atoms with Crippen LogP contribution in [0.3, 0.4) is 0 Å². The molecule has 1 aromatic carbocycles. The zero-order valence-corrected chi connectivity index (χ0v) is 17.2. The SMILES string of the molecule is Cc1nn(CC(=O)NCC(c2ccc(F)cc2)N2CCN(C)CC2)c(C)c1C. The average Bonchev–Trinajstić information content (AvgIpc) is 2.91. The number of nitrogens with zero attached hydrogens (tertiary/aromatic N) is 4. The van der Waals surface area contributed by atoms with Gasteiger partial charge in [-0.15, -0.1) is 0 Å². The molecule has 1 atom stereocenters. The minimum absolute atomic E-state index is 0.0282. The van der Waals surface area contributed by atoms with E-state index in [0.29, 0.717) is 6.54 Å². The molecule has 1 aromatic heterocycles. The van der Waals surface area contributed by atoms with E-state index in [1.54, 1.807) is 4.68 Å². The number of amides is 1. The van der Waals surface area contributed by atoms with Crippen LogP contribution in [-0.4, -0.2) is 65.3 Å². The van der Waals surface area contributed by atoms with Gasteiger partial charge in [-0.25, -0.2) is 4.39 Å². The van der Waals surface area contributed by atoms with Crippen molar-refractivity contribution in [1.29, 1.82) is 0 Å². The van der Waals surface area contributed by atoms with Crippen molar-refractivity contribution in [3.05, 3.63) is 52.6 Å². The van der Waals surface area contributed by atoms with Gasteiger partial charge in [-0.1, -0.05) is 12.1 Å². The molecule has 1 N–H and O–H groups in total. The zero-order chi connectivity index (χ0) is 20.3. The molecule has 0 saturated carbocycles. The second kappa shape index (κ2) is 8.84. The number of carbonyl (C=O) groups excluding carboxylic acids is 1. The molecule has 2 heterocycles. The summed E-state index contributed by atoms with van der Waals surface area (Å²) >= 11 is 0. The Morgan fingerprint density at radius 2 is 1.79 bits per heavy atom. The van der Waals surface area contributed by atoms with Crippen molar-refractivity contribution in [2.75, 3.05) is 39.8 Å². The summed E-state index contributed by atoms with van der Waals surface area (Å²) < 4.78 is 15.1. The monoisotopic (exact) mass is 387 g/mol. The predicted octanol–water partition coefficient (Wildman–Crippen LogP) is 2.05. The maximum atomic E-state index is 13.4. The third-order valence-corrected chi connectivity index (χ3v) is 5.76. The zero-order valence-electron chi connectivity index (χ0n) is 17.2. The van der Waals surface area contributed by atoms with Gasteiger partial charge in [0, 0.05) is 38.4 Å². The van der Waals surface area contributed by atoms with Crippen LogP contribution in [0.1, 0.15) is 28.6 Å². The minimum Gasteiger partial charge on any atom is -0.353 e. The lowest BCUT2D eigenvalue weighted by atomic mass is 10.0. The van der Waals surface area contributed by atoms with Crippen molar-refractivity contribution in [2.45, 2.75) is 33.4 Å².